The monoisotopic (exact) mass is 409 g/mol. The summed E-state index contributed by atoms with van der Waals surface area (Å²) in [6, 6.07) is 11.9. The van der Waals surface area contributed by atoms with E-state index in [9.17, 15) is 4.79 Å². The van der Waals surface area contributed by atoms with Crippen molar-refractivity contribution in [1.29, 1.82) is 0 Å². The first-order valence-electron chi connectivity index (χ1n) is 9.05. The summed E-state index contributed by atoms with van der Waals surface area (Å²) in [5.74, 6) is 2.80. The van der Waals surface area contributed by atoms with Gasteiger partial charge < -0.3 is 24.8 Å². The molecule has 1 heterocycles. The Hall–Kier alpha value is -4.01. The Labute approximate surface area is 174 Å². The first-order valence-corrected chi connectivity index (χ1v) is 9.05. The second-order valence-electron chi connectivity index (χ2n) is 6.28. The van der Waals surface area contributed by atoms with Crippen molar-refractivity contribution in [3.8, 4) is 17.2 Å². The van der Waals surface area contributed by atoms with Gasteiger partial charge in [-0.3, -0.25) is 5.32 Å². The Morgan fingerprint density at radius 3 is 2.13 bits per heavy atom. The molecule has 0 atom stereocenters. The molecule has 156 valence electrons. The minimum absolute atomic E-state index is 0.338. The Bertz CT molecular complexity index is 1020. The second-order valence-corrected chi connectivity index (χ2v) is 6.28. The summed E-state index contributed by atoms with van der Waals surface area (Å²) < 4.78 is 15.7. The van der Waals surface area contributed by atoms with E-state index in [4.69, 9.17) is 14.2 Å². The van der Waals surface area contributed by atoms with E-state index in [2.05, 4.69) is 25.9 Å². The normalized spacial score (nSPS) is 10.1. The number of amides is 2. The zero-order valence-electron chi connectivity index (χ0n) is 17.1. The molecule has 0 fully saturated rings. The molecule has 9 heteroatoms. The van der Waals surface area contributed by atoms with E-state index in [1.54, 1.807) is 45.6 Å². The van der Waals surface area contributed by atoms with Crippen LogP contribution in [0.25, 0.3) is 0 Å². The molecule has 2 aromatic carbocycles. The van der Waals surface area contributed by atoms with Crippen LogP contribution in [0.1, 0.15) is 5.56 Å². The van der Waals surface area contributed by atoms with Gasteiger partial charge in [-0.1, -0.05) is 0 Å². The molecule has 2 amide bonds. The maximum absolute atomic E-state index is 12.4. The van der Waals surface area contributed by atoms with Gasteiger partial charge in [0.05, 0.1) is 21.3 Å². The van der Waals surface area contributed by atoms with Gasteiger partial charge in [0.2, 0.25) is 0 Å². The Morgan fingerprint density at radius 2 is 1.50 bits per heavy atom. The summed E-state index contributed by atoms with van der Waals surface area (Å²) in [4.78, 5) is 20.6. The van der Waals surface area contributed by atoms with Gasteiger partial charge in [-0.05, 0) is 30.7 Å². The van der Waals surface area contributed by atoms with Gasteiger partial charge in [0, 0.05) is 35.6 Å². The van der Waals surface area contributed by atoms with Crippen molar-refractivity contribution >= 4 is 29.0 Å². The molecule has 0 radical (unpaired) electrons. The van der Waals surface area contributed by atoms with Crippen LogP contribution in [0.2, 0.25) is 0 Å². The lowest BCUT2D eigenvalue weighted by Gasteiger charge is -2.12. The summed E-state index contributed by atoms with van der Waals surface area (Å²) in [6.07, 6.45) is 1.36. The third-order valence-electron chi connectivity index (χ3n) is 4.19. The molecule has 0 saturated heterocycles. The van der Waals surface area contributed by atoms with Crippen LogP contribution in [0.15, 0.2) is 48.8 Å². The van der Waals surface area contributed by atoms with Crippen LogP contribution in [0.5, 0.6) is 17.2 Å². The number of rotatable bonds is 7. The van der Waals surface area contributed by atoms with Gasteiger partial charge in [-0.15, -0.1) is 0 Å². The minimum atomic E-state index is -0.463. The van der Waals surface area contributed by atoms with Gasteiger partial charge in [-0.2, -0.15) is 0 Å². The average molecular weight is 409 g/mol. The third kappa shape index (κ3) is 5.28. The fourth-order valence-electron chi connectivity index (χ4n) is 2.76. The van der Waals surface area contributed by atoms with Crippen LogP contribution < -0.4 is 30.2 Å². The molecule has 3 aromatic rings. The summed E-state index contributed by atoms with van der Waals surface area (Å²) in [7, 11) is 4.71. The molecule has 3 rings (SSSR count). The number of hydrogen-bond donors (Lipinski definition) is 3. The topological polar surface area (TPSA) is 107 Å². The van der Waals surface area contributed by atoms with E-state index in [-0.39, 0.29) is 0 Å². The van der Waals surface area contributed by atoms with E-state index < -0.39 is 6.03 Å². The number of nitrogens with zero attached hydrogens (tertiary/aromatic N) is 2. The fourth-order valence-corrected chi connectivity index (χ4v) is 2.76. The Balaban J connectivity index is 1.67. The van der Waals surface area contributed by atoms with Crippen molar-refractivity contribution in [2.45, 2.75) is 6.92 Å². The van der Waals surface area contributed by atoms with Crippen molar-refractivity contribution in [2.24, 2.45) is 0 Å². The van der Waals surface area contributed by atoms with Gasteiger partial charge >= 0.3 is 6.03 Å². The number of aromatic nitrogens is 2. The predicted molar refractivity (Wildman–Crippen MR) is 115 cm³/mol. The number of aryl methyl sites for hydroxylation is 1. The maximum atomic E-state index is 12.4. The quantitative estimate of drug-likeness (QED) is 0.537. The van der Waals surface area contributed by atoms with Crippen LogP contribution in [0.3, 0.4) is 0 Å². The number of ether oxygens (including phenoxy) is 3. The lowest BCUT2D eigenvalue weighted by atomic mass is 10.2. The summed E-state index contributed by atoms with van der Waals surface area (Å²) in [6.45, 7) is 1.95. The highest BCUT2D eigenvalue weighted by atomic mass is 16.5. The Kier molecular flexibility index (Phi) is 6.53. The SMILES string of the molecule is COc1cc(NC(=O)Nc2cc(Nc3ccc(OC)c(C)c3)ncn2)cc(OC)c1. The number of methoxy groups -OCH3 is 3. The molecule has 0 aliphatic heterocycles. The highest BCUT2D eigenvalue weighted by Gasteiger charge is 2.08. The number of carbonyl (C=O) groups is 1. The molecular weight excluding hydrogens is 386 g/mol. The van der Waals surface area contributed by atoms with Gasteiger partial charge in [0.25, 0.3) is 0 Å². The summed E-state index contributed by atoms with van der Waals surface area (Å²) in [5, 5.41) is 8.58. The maximum Gasteiger partial charge on any atom is 0.324 e. The molecule has 0 bridgehead atoms. The lowest BCUT2D eigenvalue weighted by molar-refractivity contribution is 0.262. The fraction of sp³-hybridized carbons (Fsp3) is 0.190. The molecule has 0 unspecified atom stereocenters. The number of carbonyl (C=O) groups excluding carboxylic acids is 1. The number of nitrogens with one attached hydrogen (secondary N) is 3. The number of urea groups is 1. The van der Waals surface area contributed by atoms with Crippen LogP contribution in [-0.2, 0) is 0 Å². The first-order chi connectivity index (χ1) is 14.5. The average Bonchev–Trinajstić information content (AvgIpc) is 2.73. The third-order valence-corrected chi connectivity index (χ3v) is 4.19. The number of benzene rings is 2. The van der Waals surface area contributed by atoms with Gasteiger partial charge in [-0.25, -0.2) is 14.8 Å². The van der Waals surface area contributed by atoms with E-state index in [0.29, 0.717) is 28.8 Å². The highest BCUT2D eigenvalue weighted by molar-refractivity contribution is 5.99. The smallest absolute Gasteiger partial charge is 0.324 e. The zero-order valence-corrected chi connectivity index (χ0v) is 17.1. The van der Waals surface area contributed by atoms with E-state index in [1.807, 2.05) is 25.1 Å². The largest absolute Gasteiger partial charge is 0.497 e. The molecule has 0 spiro atoms. The van der Waals surface area contributed by atoms with Crippen LogP contribution in [0.4, 0.5) is 27.8 Å². The van der Waals surface area contributed by atoms with E-state index in [1.165, 1.54) is 6.33 Å². The van der Waals surface area contributed by atoms with Crippen LogP contribution in [0, 0.1) is 6.92 Å². The summed E-state index contributed by atoms with van der Waals surface area (Å²) >= 11 is 0. The van der Waals surface area contributed by atoms with Crippen molar-refractivity contribution < 1.29 is 19.0 Å². The molecule has 3 N–H and O–H groups in total. The summed E-state index contributed by atoms with van der Waals surface area (Å²) in [5.41, 5.74) is 2.35. The van der Waals surface area contributed by atoms with Gasteiger partial charge in [0.1, 0.15) is 35.2 Å². The molecule has 30 heavy (non-hydrogen) atoms. The molecule has 0 saturated carbocycles. The van der Waals surface area contributed by atoms with Crippen molar-refractivity contribution in [1.82, 2.24) is 9.97 Å². The van der Waals surface area contributed by atoms with Crippen molar-refractivity contribution in [2.75, 3.05) is 37.3 Å². The van der Waals surface area contributed by atoms with Crippen LogP contribution >= 0.6 is 0 Å². The molecule has 0 aliphatic carbocycles. The zero-order chi connectivity index (χ0) is 21.5. The predicted octanol–water partition coefficient (Wildman–Crippen LogP) is 4.20. The molecule has 0 aliphatic rings. The molecule has 9 nitrogen and oxygen atoms in total. The van der Waals surface area contributed by atoms with E-state index in [0.717, 1.165) is 17.0 Å². The minimum Gasteiger partial charge on any atom is -0.497 e. The lowest BCUT2D eigenvalue weighted by Crippen LogP contribution is -2.20. The highest BCUT2D eigenvalue weighted by Crippen LogP contribution is 2.26. The Morgan fingerprint density at radius 1 is 0.800 bits per heavy atom. The molecular formula is C21H23N5O4. The standard InChI is InChI=1S/C21H23N5O4/c1-13-7-14(5-6-18(13)30-4)24-19-11-20(23-12-22-19)26-21(27)25-15-8-16(28-2)10-17(9-15)29-3/h5-12H,1-4H3,(H3,22,23,24,25,26,27). The number of anilines is 4. The first kappa shape index (κ1) is 20.7. The number of hydrogen-bond acceptors (Lipinski definition) is 7. The van der Waals surface area contributed by atoms with Crippen molar-refractivity contribution in [3.05, 3.63) is 54.4 Å². The second kappa shape index (κ2) is 9.46. The van der Waals surface area contributed by atoms with Gasteiger partial charge in [0.15, 0.2) is 0 Å². The van der Waals surface area contributed by atoms with Crippen molar-refractivity contribution in [3.63, 3.8) is 0 Å². The van der Waals surface area contributed by atoms with Crippen LogP contribution in [-0.4, -0.2) is 37.3 Å². The van der Waals surface area contributed by atoms with E-state index >= 15 is 0 Å². The molecule has 1 aromatic heterocycles.